The minimum atomic E-state index is -1.09. The number of rotatable bonds is 1. The van der Waals surface area contributed by atoms with Gasteiger partial charge in [-0.05, 0) is 10.3 Å². The van der Waals surface area contributed by atoms with E-state index in [9.17, 15) is 14.4 Å². The average Bonchev–Trinajstić information content (AvgIpc) is 2.61. The molecule has 0 fully saturated rings. The van der Waals surface area contributed by atoms with Gasteiger partial charge in [0.05, 0.1) is 0 Å². The van der Waals surface area contributed by atoms with Crippen molar-refractivity contribution in [3.63, 3.8) is 0 Å². The number of hydrogen-bond donors (Lipinski definition) is 3. The molecule has 3 amide bonds. The third kappa shape index (κ3) is 1.58. The van der Waals surface area contributed by atoms with Crippen molar-refractivity contribution in [2.24, 2.45) is 5.73 Å². The quantitative estimate of drug-likeness (QED) is 0.511. The van der Waals surface area contributed by atoms with Gasteiger partial charge < -0.3 is 5.73 Å². The fourth-order valence-electron chi connectivity index (χ4n) is 0.984. The minimum absolute atomic E-state index is 0.000579. The molecule has 0 saturated heterocycles. The van der Waals surface area contributed by atoms with E-state index in [1.54, 1.807) is 5.32 Å². The van der Waals surface area contributed by atoms with Crippen LogP contribution in [0.4, 0.5) is 4.79 Å². The van der Waals surface area contributed by atoms with Crippen LogP contribution in [0.25, 0.3) is 11.3 Å². The van der Waals surface area contributed by atoms with Gasteiger partial charge in [0.1, 0.15) is 0 Å². The Balaban J connectivity index is 2.51. The molecule has 0 saturated carbocycles. The summed E-state index contributed by atoms with van der Waals surface area (Å²) in [7, 11) is 0. The molecule has 2 aromatic rings. The number of fused-ring (bicyclic) bond motifs is 1. The van der Waals surface area contributed by atoms with Crippen LogP contribution in [0.1, 0.15) is 10.5 Å². The molecule has 82 valence electrons. The predicted molar refractivity (Wildman–Crippen MR) is 47.3 cm³/mol. The first-order chi connectivity index (χ1) is 7.58. The monoisotopic (exact) mass is 224 g/mol. The van der Waals surface area contributed by atoms with Crippen molar-refractivity contribution in [2.45, 2.75) is 0 Å². The summed E-state index contributed by atoms with van der Waals surface area (Å²) in [5.74, 6) is -1.03. The van der Waals surface area contributed by atoms with Gasteiger partial charge in [0.2, 0.25) is 11.3 Å². The lowest BCUT2D eigenvalue weighted by atomic mass is 10.4. The number of urea groups is 1. The first-order valence-corrected chi connectivity index (χ1v) is 3.91. The third-order valence-electron chi connectivity index (χ3n) is 1.59. The lowest BCUT2D eigenvalue weighted by Crippen LogP contribution is -2.38. The lowest BCUT2D eigenvalue weighted by molar-refractivity contribution is 0.0960. The van der Waals surface area contributed by atoms with Crippen molar-refractivity contribution in [1.29, 1.82) is 0 Å². The van der Waals surface area contributed by atoms with E-state index >= 15 is 0 Å². The summed E-state index contributed by atoms with van der Waals surface area (Å²) in [4.78, 5) is 38.7. The van der Waals surface area contributed by atoms with Crippen LogP contribution in [0.15, 0.2) is 9.42 Å². The van der Waals surface area contributed by atoms with E-state index in [0.29, 0.717) is 0 Å². The van der Waals surface area contributed by atoms with Gasteiger partial charge in [-0.25, -0.2) is 14.4 Å². The highest BCUT2D eigenvalue weighted by molar-refractivity contribution is 6.02. The van der Waals surface area contributed by atoms with Crippen molar-refractivity contribution in [3.8, 4) is 0 Å². The molecular formula is C6H4N6O4. The number of primary amides is 1. The van der Waals surface area contributed by atoms with Crippen LogP contribution in [0.2, 0.25) is 0 Å². The van der Waals surface area contributed by atoms with Crippen LogP contribution in [0, 0.1) is 0 Å². The molecule has 2 rings (SSSR count). The number of aromatic amines is 1. The SMILES string of the molecule is NC(=O)NC(=O)c1nc2nonc2[nH]c1=O. The van der Waals surface area contributed by atoms with Crippen molar-refractivity contribution >= 4 is 23.2 Å². The van der Waals surface area contributed by atoms with E-state index in [-0.39, 0.29) is 11.3 Å². The van der Waals surface area contributed by atoms with Crippen LogP contribution in [-0.2, 0) is 0 Å². The van der Waals surface area contributed by atoms with E-state index in [4.69, 9.17) is 5.73 Å². The average molecular weight is 224 g/mol. The van der Waals surface area contributed by atoms with Gasteiger partial charge in [0.25, 0.3) is 11.5 Å². The Kier molecular flexibility index (Phi) is 2.08. The molecule has 10 nitrogen and oxygen atoms in total. The number of nitrogens with two attached hydrogens (primary N) is 1. The molecule has 0 spiro atoms. The smallest absolute Gasteiger partial charge is 0.319 e. The second-order valence-corrected chi connectivity index (χ2v) is 2.67. The van der Waals surface area contributed by atoms with Gasteiger partial charge in [-0.1, -0.05) is 0 Å². The van der Waals surface area contributed by atoms with Crippen LogP contribution >= 0.6 is 0 Å². The summed E-state index contributed by atoms with van der Waals surface area (Å²) in [6.07, 6.45) is 0. The van der Waals surface area contributed by atoms with Gasteiger partial charge in [0.15, 0.2) is 5.69 Å². The van der Waals surface area contributed by atoms with Crippen LogP contribution in [-0.4, -0.2) is 32.2 Å². The number of imide groups is 1. The molecule has 0 bridgehead atoms. The summed E-state index contributed by atoms with van der Waals surface area (Å²) in [6.45, 7) is 0. The predicted octanol–water partition coefficient (Wildman–Crippen LogP) is -1.89. The van der Waals surface area contributed by atoms with Crippen molar-refractivity contribution < 1.29 is 14.2 Å². The molecule has 0 aromatic carbocycles. The molecule has 0 aliphatic rings. The number of nitrogens with one attached hydrogen (secondary N) is 2. The van der Waals surface area contributed by atoms with Crippen molar-refractivity contribution in [3.05, 3.63) is 16.0 Å². The van der Waals surface area contributed by atoms with E-state index < -0.39 is 23.2 Å². The second-order valence-electron chi connectivity index (χ2n) is 2.67. The number of hydrogen-bond acceptors (Lipinski definition) is 7. The van der Waals surface area contributed by atoms with Gasteiger partial charge in [-0.3, -0.25) is 19.9 Å². The fourth-order valence-corrected chi connectivity index (χ4v) is 0.984. The van der Waals surface area contributed by atoms with Crippen molar-refractivity contribution in [1.82, 2.24) is 25.6 Å². The van der Waals surface area contributed by atoms with E-state index in [2.05, 4.69) is 24.9 Å². The first-order valence-electron chi connectivity index (χ1n) is 3.91. The number of aromatic nitrogens is 4. The number of H-pyrrole nitrogens is 1. The molecule has 0 aliphatic carbocycles. The van der Waals surface area contributed by atoms with Crippen LogP contribution < -0.4 is 16.6 Å². The van der Waals surface area contributed by atoms with Gasteiger partial charge >= 0.3 is 6.03 Å². The normalized spacial score (nSPS) is 10.2. The molecular weight excluding hydrogens is 220 g/mol. The molecule has 2 heterocycles. The van der Waals surface area contributed by atoms with E-state index in [0.717, 1.165) is 0 Å². The summed E-state index contributed by atoms with van der Waals surface area (Å²) < 4.78 is 4.28. The Morgan fingerprint density at radius 3 is 2.81 bits per heavy atom. The maximum absolute atomic E-state index is 11.3. The number of carbonyl (C=O) groups is 2. The maximum Gasteiger partial charge on any atom is 0.319 e. The fraction of sp³-hybridized carbons (Fsp3) is 0. The van der Waals surface area contributed by atoms with Crippen molar-refractivity contribution in [2.75, 3.05) is 0 Å². The lowest BCUT2D eigenvalue weighted by Gasteiger charge is -1.97. The Morgan fingerprint density at radius 1 is 1.38 bits per heavy atom. The highest BCUT2D eigenvalue weighted by Gasteiger charge is 2.17. The number of nitrogens with zero attached hydrogens (tertiary/aromatic N) is 3. The van der Waals surface area contributed by atoms with Crippen LogP contribution in [0.5, 0.6) is 0 Å². The first kappa shape index (κ1) is 9.76. The highest BCUT2D eigenvalue weighted by Crippen LogP contribution is 1.99. The van der Waals surface area contributed by atoms with Gasteiger partial charge in [-0.15, -0.1) is 0 Å². The van der Waals surface area contributed by atoms with E-state index in [1.807, 2.05) is 0 Å². The number of carbonyl (C=O) groups excluding carboxylic acids is 2. The second kappa shape index (κ2) is 3.42. The molecule has 0 aliphatic heterocycles. The topological polar surface area (TPSA) is 157 Å². The zero-order valence-electron chi connectivity index (χ0n) is 7.55. The molecule has 10 heteroatoms. The Labute approximate surface area is 85.8 Å². The Hall–Kier alpha value is -2.78. The number of amides is 3. The summed E-state index contributed by atoms with van der Waals surface area (Å²) >= 11 is 0. The highest BCUT2D eigenvalue weighted by atomic mass is 16.6. The third-order valence-corrected chi connectivity index (χ3v) is 1.59. The largest absolute Gasteiger partial charge is 0.351 e. The van der Waals surface area contributed by atoms with Crippen LogP contribution in [0.3, 0.4) is 0 Å². The molecule has 4 N–H and O–H groups in total. The van der Waals surface area contributed by atoms with Gasteiger partial charge in [0, 0.05) is 0 Å². The standard InChI is InChI=1S/C6H4N6O4/c7-6(15)10-5(14)1-4(13)9-3-2(8-1)11-16-12-3/h(H,9,12,13)(H3,7,10,14,15). The Morgan fingerprint density at radius 2 is 2.12 bits per heavy atom. The molecule has 16 heavy (non-hydrogen) atoms. The molecule has 0 unspecified atom stereocenters. The van der Waals surface area contributed by atoms with E-state index in [1.165, 1.54) is 0 Å². The zero-order valence-corrected chi connectivity index (χ0v) is 7.55. The molecule has 0 radical (unpaired) electrons. The van der Waals surface area contributed by atoms with Gasteiger partial charge in [-0.2, -0.15) is 0 Å². The zero-order chi connectivity index (χ0) is 11.7. The molecule has 2 aromatic heterocycles. The molecule has 0 atom stereocenters. The summed E-state index contributed by atoms with van der Waals surface area (Å²) in [6, 6.07) is -1.09. The summed E-state index contributed by atoms with van der Waals surface area (Å²) in [5, 5.41) is 8.33. The minimum Gasteiger partial charge on any atom is -0.351 e. The maximum atomic E-state index is 11.3. The summed E-state index contributed by atoms with van der Waals surface area (Å²) in [5.41, 5.74) is 3.27. The Bertz CT molecular complexity index is 627.